The Morgan fingerprint density at radius 2 is 1.67 bits per heavy atom. The summed E-state index contributed by atoms with van der Waals surface area (Å²) >= 11 is 9.39. The first-order valence-corrected chi connectivity index (χ1v) is 7.91. The molecule has 0 aliphatic rings. The van der Waals surface area contributed by atoms with Gasteiger partial charge in [0.25, 0.3) is 0 Å². The van der Waals surface area contributed by atoms with E-state index in [4.69, 9.17) is 11.6 Å². The molecule has 21 heavy (non-hydrogen) atoms. The molecule has 4 heteroatoms. The Hall–Kier alpha value is -0.900. The Balaban J connectivity index is 2.63. The van der Waals surface area contributed by atoms with Crippen LogP contribution < -0.4 is 5.32 Å². The molecule has 0 saturated carbocycles. The Bertz CT molecular complexity index is 662. The third-order valence-electron chi connectivity index (χ3n) is 3.67. The van der Waals surface area contributed by atoms with Crippen molar-refractivity contribution in [3.05, 3.63) is 67.4 Å². The molecule has 0 aliphatic heterocycles. The molecule has 2 rings (SSSR count). The van der Waals surface area contributed by atoms with Crippen LogP contribution in [0.15, 0.2) is 28.7 Å². The number of benzene rings is 2. The molecule has 2 aromatic rings. The van der Waals surface area contributed by atoms with Crippen LogP contribution >= 0.6 is 27.5 Å². The summed E-state index contributed by atoms with van der Waals surface area (Å²) in [7, 11) is 1.83. The minimum absolute atomic E-state index is 0.226. The minimum Gasteiger partial charge on any atom is -0.309 e. The summed E-state index contributed by atoms with van der Waals surface area (Å²) in [6.07, 6.45) is 0. The van der Waals surface area contributed by atoms with E-state index in [2.05, 4.69) is 54.2 Å². The number of aryl methyl sites for hydroxylation is 3. The predicted octanol–water partition coefficient (Wildman–Crippen LogP) is 5.48. The highest BCUT2D eigenvalue weighted by molar-refractivity contribution is 9.10. The summed E-state index contributed by atoms with van der Waals surface area (Å²) < 4.78 is 14.9. The Labute approximate surface area is 138 Å². The van der Waals surface area contributed by atoms with Gasteiger partial charge in [0.05, 0.1) is 11.1 Å². The summed E-state index contributed by atoms with van der Waals surface area (Å²) in [6.45, 7) is 6.17. The van der Waals surface area contributed by atoms with E-state index in [0.29, 0.717) is 15.1 Å². The van der Waals surface area contributed by atoms with Gasteiger partial charge in [-0.25, -0.2) is 4.39 Å². The summed E-state index contributed by atoms with van der Waals surface area (Å²) in [4.78, 5) is 0. The average Bonchev–Trinajstić information content (AvgIpc) is 2.38. The van der Waals surface area contributed by atoms with Crippen LogP contribution in [0.2, 0.25) is 5.02 Å². The Morgan fingerprint density at radius 3 is 2.19 bits per heavy atom. The van der Waals surface area contributed by atoms with Gasteiger partial charge in [0.1, 0.15) is 5.82 Å². The van der Waals surface area contributed by atoms with Gasteiger partial charge in [0.2, 0.25) is 0 Å². The van der Waals surface area contributed by atoms with Crippen LogP contribution in [0.1, 0.15) is 33.9 Å². The molecule has 0 amide bonds. The lowest BCUT2D eigenvalue weighted by atomic mass is 9.90. The van der Waals surface area contributed by atoms with Gasteiger partial charge < -0.3 is 5.32 Å². The molecule has 2 aromatic carbocycles. The van der Waals surface area contributed by atoms with E-state index in [1.54, 1.807) is 6.07 Å². The van der Waals surface area contributed by atoms with E-state index < -0.39 is 0 Å². The number of nitrogens with one attached hydrogen (secondary N) is 1. The van der Waals surface area contributed by atoms with Crippen molar-refractivity contribution in [2.24, 2.45) is 0 Å². The van der Waals surface area contributed by atoms with Gasteiger partial charge in [0, 0.05) is 10.0 Å². The molecule has 1 N–H and O–H groups in total. The van der Waals surface area contributed by atoms with Crippen molar-refractivity contribution in [2.75, 3.05) is 7.05 Å². The number of rotatable bonds is 3. The molecule has 1 unspecified atom stereocenters. The number of hydrogen-bond acceptors (Lipinski definition) is 1. The van der Waals surface area contributed by atoms with Crippen LogP contribution in [0.3, 0.4) is 0 Å². The maximum Gasteiger partial charge on any atom is 0.129 e. The molecule has 0 aromatic heterocycles. The highest BCUT2D eigenvalue weighted by Gasteiger charge is 2.21. The Morgan fingerprint density at radius 1 is 1.10 bits per heavy atom. The van der Waals surface area contributed by atoms with Gasteiger partial charge in [-0.3, -0.25) is 0 Å². The van der Waals surface area contributed by atoms with E-state index in [9.17, 15) is 4.39 Å². The molecule has 1 nitrogen and oxygen atoms in total. The quantitative estimate of drug-likeness (QED) is 0.706. The van der Waals surface area contributed by atoms with Gasteiger partial charge >= 0.3 is 0 Å². The van der Waals surface area contributed by atoms with Crippen LogP contribution in [-0.2, 0) is 0 Å². The maximum absolute atomic E-state index is 14.4. The summed E-state index contributed by atoms with van der Waals surface area (Å²) in [5.74, 6) is -0.273. The Kier molecular flexibility index (Phi) is 5.07. The van der Waals surface area contributed by atoms with E-state index in [1.807, 2.05) is 7.05 Å². The van der Waals surface area contributed by atoms with Gasteiger partial charge in [-0.1, -0.05) is 29.3 Å². The van der Waals surface area contributed by atoms with Crippen LogP contribution in [0.4, 0.5) is 4.39 Å². The molecule has 0 heterocycles. The average molecular weight is 371 g/mol. The standard InChI is InChI=1S/C17H18BrClFN/c1-9-5-10(2)16(11(3)6-9)17(21-4)12-7-14(19)13(18)8-15(12)20/h5-8,17,21H,1-4H3. The summed E-state index contributed by atoms with van der Waals surface area (Å²) in [5.41, 5.74) is 5.15. The molecule has 0 fully saturated rings. The summed E-state index contributed by atoms with van der Waals surface area (Å²) in [5, 5.41) is 3.72. The molecule has 0 aliphatic carbocycles. The van der Waals surface area contributed by atoms with Crippen LogP contribution in [-0.4, -0.2) is 7.05 Å². The van der Waals surface area contributed by atoms with E-state index in [1.165, 1.54) is 11.6 Å². The second kappa shape index (κ2) is 6.47. The van der Waals surface area contributed by atoms with Crippen molar-refractivity contribution < 1.29 is 4.39 Å². The highest BCUT2D eigenvalue weighted by atomic mass is 79.9. The number of hydrogen-bond donors (Lipinski definition) is 1. The molecular formula is C17H18BrClFN. The fourth-order valence-electron chi connectivity index (χ4n) is 2.86. The van der Waals surface area contributed by atoms with Crippen LogP contribution in [0, 0.1) is 26.6 Å². The first-order valence-electron chi connectivity index (χ1n) is 6.74. The van der Waals surface area contributed by atoms with Crippen LogP contribution in [0.25, 0.3) is 0 Å². The van der Waals surface area contributed by atoms with Crippen LogP contribution in [0.5, 0.6) is 0 Å². The van der Waals surface area contributed by atoms with E-state index in [0.717, 1.165) is 16.7 Å². The topological polar surface area (TPSA) is 12.0 Å². The normalized spacial score (nSPS) is 12.5. The zero-order chi connectivity index (χ0) is 15.7. The smallest absolute Gasteiger partial charge is 0.129 e. The fraction of sp³-hybridized carbons (Fsp3) is 0.294. The fourth-order valence-corrected chi connectivity index (χ4v) is 3.35. The van der Waals surface area contributed by atoms with Crippen molar-refractivity contribution in [3.63, 3.8) is 0 Å². The van der Waals surface area contributed by atoms with Crippen molar-refractivity contribution in [1.29, 1.82) is 0 Å². The highest BCUT2D eigenvalue weighted by Crippen LogP contribution is 2.34. The van der Waals surface area contributed by atoms with Crippen molar-refractivity contribution in [3.8, 4) is 0 Å². The lowest BCUT2D eigenvalue weighted by Gasteiger charge is -2.23. The zero-order valence-electron chi connectivity index (χ0n) is 12.5. The first kappa shape index (κ1) is 16.5. The largest absolute Gasteiger partial charge is 0.309 e. The lowest BCUT2D eigenvalue weighted by molar-refractivity contribution is 0.573. The zero-order valence-corrected chi connectivity index (χ0v) is 14.9. The van der Waals surface area contributed by atoms with Gasteiger partial charge in [-0.05, 0) is 72.6 Å². The monoisotopic (exact) mass is 369 g/mol. The van der Waals surface area contributed by atoms with E-state index in [-0.39, 0.29) is 11.9 Å². The second-order valence-electron chi connectivity index (χ2n) is 5.32. The van der Waals surface area contributed by atoms with Crippen molar-refractivity contribution >= 4 is 27.5 Å². The van der Waals surface area contributed by atoms with Gasteiger partial charge in [-0.15, -0.1) is 0 Å². The van der Waals surface area contributed by atoms with Crippen molar-refractivity contribution in [2.45, 2.75) is 26.8 Å². The van der Waals surface area contributed by atoms with E-state index >= 15 is 0 Å². The molecule has 0 saturated heterocycles. The third kappa shape index (κ3) is 3.31. The predicted molar refractivity (Wildman–Crippen MR) is 90.7 cm³/mol. The summed E-state index contributed by atoms with van der Waals surface area (Å²) in [6, 6.07) is 7.11. The minimum atomic E-state index is -0.273. The van der Waals surface area contributed by atoms with Gasteiger partial charge in [-0.2, -0.15) is 0 Å². The number of halogens is 3. The molecule has 112 valence electrons. The molecule has 1 atom stereocenters. The third-order valence-corrected chi connectivity index (χ3v) is 4.86. The molecule has 0 radical (unpaired) electrons. The lowest BCUT2D eigenvalue weighted by Crippen LogP contribution is -2.21. The van der Waals surface area contributed by atoms with Crippen molar-refractivity contribution in [1.82, 2.24) is 5.32 Å². The second-order valence-corrected chi connectivity index (χ2v) is 6.58. The molecule has 0 spiro atoms. The molecular weight excluding hydrogens is 353 g/mol. The maximum atomic E-state index is 14.4. The first-order chi connectivity index (χ1) is 9.85. The SMILES string of the molecule is CNC(c1cc(Cl)c(Br)cc1F)c1c(C)cc(C)cc1C. The molecule has 0 bridgehead atoms. The van der Waals surface area contributed by atoms with Gasteiger partial charge in [0.15, 0.2) is 0 Å².